The highest BCUT2D eigenvalue weighted by Gasteiger charge is 2.34. The molecule has 13 nitrogen and oxygen atoms in total. The Morgan fingerprint density at radius 3 is 2.22 bits per heavy atom. The number of allylic oxidation sites excluding steroid dienone is 4. The van der Waals surface area contributed by atoms with Crippen LogP contribution in [0.2, 0.25) is 0 Å². The lowest BCUT2D eigenvalue weighted by atomic mass is 9.85. The minimum atomic E-state index is -1.04. The van der Waals surface area contributed by atoms with Gasteiger partial charge in [0.05, 0.1) is 23.6 Å². The fourth-order valence-corrected chi connectivity index (χ4v) is 6.84. The molecule has 0 unspecified atom stereocenters. The number of nitrogens with one attached hydrogen (secondary N) is 2. The predicted octanol–water partition coefficient (Wildman–Crippen LogP) is 4.81. The molecule has 55 heavy (non-hydrogen) atoms. The third-order valence-electron chi connectivity index (χ3n) is 9.94. The van der Waals surface area contributed by atoms with Crippen LogP contribution in [0.4, 0.5) is 4.79 Å². The van der Waals surface area contributed by atoms with Gasteiger partial charge < -0.3 is 35.7 Å². The summed E-state index contributed by atoms with van der Waals surface area (Å²) in [6, 6.07) is 7.75. The zero-order valence-electron chi connectivity index (χ0n) is 33.7. The van der Waals surface area contributed by atoms with Crippen LogP contribution in [-0.2, 0) is 35.1 Å². The number of nitrogens with two attached hydrogens (primary N) is 1. The highest BCUT2D eigenvalue weighted by molar-refractivity contribution is 6.24. The van der Waals surface area contributed by atoms with Gasteiger partial charge in [-0.3, -0.25) is 24.1 Å². The van der Waals surface area contributed by atoms with Crippen molar-refractivity contribution in [2.75, 3.05) is 14.2 Å². The quantitative estimate of drug-likeness (QED) is 0.201. The Bertz CT molecular complexity index is 1730. The maximum Gasteiger partial charge on any atom is 0.405 e. The Morgan fingerprint density at radius 2 is 1.65 bits per heavy atom. The van der Waals surface area contributed by atoms with Crippen molar-refractivity contribution < 1.29 is 43.3 Å². The second kappa shape index (κ2) is 20.3. The van der Waals surface area contributed by atoms with E-state index < -0.39 is 59.8 Å². The first-order chi connectivity index (χ1) is 25.9. The third-order valence-corrected chi connectivity index (χ3v) is 9.94. The zero-order valence-corrected chi connectivity index (χ0v) is 33.7. The van der Waals surface area contributed by atoms with Crippen molar-refractivity contribution in [1.82, 2.24) is 15.5 Å². The second-order valence-corrected chi connectivity index (χ2v) is 14.9. The lowest BCUT2D eigenvalue weighted by Gasteiger charge is -2.30. The summed E-state index contributed by atoms with van der Waals surface area (Å²) in [5, 5.41) is 16.7. The third kappa shape index (κ3) is 12.1. The summed E-state index contributed by atoms with van der Waals surface area (Å²) in [5.74, 6) is -3.35. The van der Waals surface area contributed by atoms with Gasteiger partial charge in [0.25, 0.3) is 11.8 Å². The van der Waals surface area contributed by atoms with Crippen molar-refractivity contribution in [1.29, 1.82) is 0 Å². The summed E-state index contributed by atoms with van der Waals surface area (Å²) in [7, 11) is 2.88. The van der Waals surface area contributed by atoms with Crippen LogP contribution in [0.3, 0.4) is 0 Å². The average Bonchev–Trinajstić information content (AvgIpc) is 3.12. The number of methoxy groups -OCH3 is 2. The number of aliphatic hydroxyl groups is 1. The Kier molecular flexibility index (Phi) is 16.5. The summed E-state index contributed by atoms with van der Waals surface area (Å²) < 4.78 is 16.7. The molecule has 0 fully saturated rings. The maximum absolute atomic E-state index is 14.1. The number of carbonyl (C=O) groups excluding carboxylic acids is 5. The number of aliphatic hydroxyl groups excluding tert-OH is 1. The molecule has 0 saturated carbocycles. The molecule has 2 bridgehead atoms. The van der Waals surface area contributed by atoms with Gasteiger partial charge in [0, 0.05) is 61.6 Å². The number of carbonyl (C=O) groups is 5. The Hall–Kier alpha value is -4.69. The number of hydrogen-bond acceptors (Lipinski definition) is 10. The highest BCUT2D eigenvalue weighted by atomic mass is 16.6. The molecule has 5 N–H and O–H groups in total. The normalized spacial score (nSPS) is 27.2. The molecule has 1 aromatic rings. The lowest BCUT2D eigenvalue weighted by Crippen LogP contribution is -2.38. The van der Waals surface area contributed by atoms with Gasteiger partial charge >= 0.3 is 6.09 Å². The van der Waals surface area contributed by atoms with Gasteiger partial charge in [-0.15, -0.1) is 0 Å². The van der Waals surface area contributed by atoms with E-state index in [1.54, 1.807) is 38.1 Å². The maximum atomic E-state index is 14.1. The highest BCUT2D eigenvalue weighted by Crippen LogP contribution is 2.29. The van der Waals surface area contributed by atoms with E-state index in [0.717, 1.165) is 11.6 Å². The van der Waals surface area contributed by atoms with Crippen molar-refractivity contribution in [2.24, 2.45) is 17.6 Å². The average molecular weight is 763 g/mol. The van der Waals surface area contributed by atoms with Crippen molar-refractivity contribution in [3.63, 3.8) is 0 Å². The van der Waals surface area contributed by atoms with E-state index in [4.69, 9.17) is 19.9 Å². The zero-order chi connectivity index (χ0) is 41.1. The number of Topliss-reactive ketones (excluding diaryl/α,β-unsaturated/α-hetero) is 1. The fraction of sp³-hybridized carbons (Fsp3) is 0.500. The predicted molar refractivity (Wildman–Crippen MR) is 209 cm³/mol. The molecule has 3 amide bonds. The van der Waals surface area contributed by atoms with E-state index >= 15 is 0 Å². The summed E-state index contributed by atoms with van der Waals surface area (Å²) >= 11 is 0. The molecule has 1 aromatic carbocycles. The molecular formula is C42H58N4O9. The standard InChI is InChI=1S/C42H58N4O9/c1-23(2)46(24(3)4)22-29-14-16-30(17-15-29)41(51)45-36-31-18-25(5)19-35(54-10)37(48)27(7)20-28(8)39(55-42(43)52)34(53-9)13-11-12-26(6)40(50)44-32(38(31)49)21-33(36)47/h11-17,20-21,23-25,27,34-35,37,39,48H,18-19,22H2,1-10H3,(H2,43,52)(H,44,50)(H,45,51)/b13-11-,26-12-,28-20-/t25-,27+,34-,35-,37+,39-/m1/s1. The van der Waals surface area contributed by atoms with Crippen LogP contribution in [0, 0.1) is 11.8 Å². The van der Waals surface area contributed by atoms with E-state index in [1.165, 1.54) is 33.3 Å². The Labute approximate surface area is 324 Å². The number of primary amides is 1. The molecule has 13 heteroatoms. The van der Waals surface area contributed by atoms with Crippen LogP contribution < -0.4 is 16.4 Å². The summed E-state index contributed by atoms with van der Waals surface area (Å²) in [4.78, 5) is 68.8. The molecule has 3 rings (SSSR count). The first kappa shape index (κ1) is 44.7. The number of ketones is 2. The molecule has 0 radical (unpaired) electrons. The number of ether oxygens (including phenoxy) is 3. The molecule has 300 valence electrons. The molecule has 0 spiro atoms. The number of fused-ring (bicyclic) bond motifs is 2. The van der Waals surface area contributed by atoms with Crippen molar-refractivity contribution in [2.45, 2.75) is 111 Å². The van der Waals surface area contributed by atoms with Gasteiger partial charge in [0.1, 0.15) is 6.10 Å². The minimum Gasteiger partial charge on any atom is -0.439 e. The van der Waals surface area contributed by atoms with E-state index in [9.17, 15) is 29.1 Å². The molecule has 1 heterocycles. The van der Waals surface area contributed by atoms with Crippen molar-refractivity contribution >= 4 is 29.5 Å². The van der Waals surface area contributed by atoms with Gasteiger partial charge in [-0.25, -0.2) is 4.79 Å². The first-order valence-corrected chi connectivity index (χ1v) is 18.6. The number of rotatable bonds is 9. The Morgan fingerprint density at radius 1 is 1.02 bits per heavy atom. The molecule has 1 aliphatic heterocycles. The minimum absolute atomic E-state index is 0.0179. The topological polar surface area (TPSA) is 187 Å². The summed E-state index contributed by atoms with van der Waals surface area (Å²) in [6.07, 6.45) is 3.04. The van der Waals surface area contributed by atoms with Gasteiger partial charge in [0.2, 0.25) is 11.6 Å². The van der Waals surface area contributed by atoms with Crippen LogP contribution in [0.1, 0.15) is 84.2 Å². The molecular weight excluding hydrogens is 704 g/mol. The van der Waals surface area contributed by atoms with Gasteiger partial charge in [0.15, 0.2) is 6.10 Å². The largest absolute Gasteiger partial charge is 0.439 e. The molecule has 1 aliphatic carbocycles. The van der Waals surface area contributed by atoms with Crippen LogP contribution in [0.5, 0.6) is 0 Å². The summed E-state index contributed by atoms with van der Waals surface area (Å²) in [6.45, 7) is 16.1. The van der Waals surface area contributed by atoms with Gasteiger partial charge in [-0.2, -0.15) is 0 Å². The monoisotopic (exact) mass is 762 g/mol. The smallest absolute Gasteiger partial charge is 0.405 e. The van der Waals surface area contributed by atoms with E-state index in [0.29, 0.717) is 29.8 Å². The molecule has 2 aliphatic rings. The molecule has 0 aromatic heterocycles. The van der Waals surface area contributed by atoms with Gasteiger partial charge in [-0.05, 0) is 83.6 Å². The number of nitrogens with zero attached hydrogens (tertiary/aromatic N) is 1. The Balaban J connectivity index is 2.04. The van der Waals surface area contributed by atoms with Gasteiger partial charge in [-0.1, -0.05) is 50.3 Å². The van der Waals surface area contributed by atoms with Crippen molar-refractivity contribution in [3.05, 3.63) is 93.9 Å². The second-order valence-electron chi connectivity index (χ2n) is 14.9. The van der Waals surface area contributed by atoms with Crippen LogP contribution >= 0.6 is 0 Å². The van der Waals surface area contributed by atoms with Crippen LogP contribution in [0.15, 0.2) is 82.8 Å². The van der Waals surface area contributed by atoms with Crippen LogP contribution in [0.25, 0.3) is 0 Å². The molecule has 6 atom stereocenters. The van der Waals surface area contributed by atoms with Crippen LogP contribution in [-0.4, -0.2) is 90.2 Å². The summed E-state index contributed by atoms with van der Waals surface area (Å²) in [5.41, 5.74) is 7.06. The van der Waals surface area contributed by atoms with E-state index in [2.05, 4.69) is 43.2 Å². The van der Waals surface area contributed by atoms with E-state index in [1.807, 2.05) is 19.1 Å². The molecule has 0 saturated heterocycles. The number of amides is 3. The SMILES string of the molecule is CO[C@@H]1/C=C\C=C(\C)C(=O)NC2=CC(=O)C(NC(=O)c3ccc(CN(C(C)C)C(C)C)cc3)=C(C[C@@H](C)C[C@@H](OC)[C@@H](O)[C@@H](C)/C=C(/C)[C@H]1OC(N)=O)C2=O. The lowest BCUT2D eigenvalue weighted by molar-refractivity contribution is -0.120. The fourth-order valence-electron chi connectivity index (χ4n) is 6.84. The van der Waals surface area contributed by atoms with E-state index in [-0.39, 0.29) is 41.3 Å². The van der Waals surface area contributed by atoms with Crippen molar-refractivity contribution in [3.8, 4) is 0 Å². The number of hydrogen-bond donors (Lipinski definition) is 4. The number of benzene rings is 1. The first-order valence-electron chi connectivity index (χ1n) is 18.6.